The standard InChI is InChI=1S/C14H21Cl2N3O/c1-3-19(4-2)8-7-18-13(14(17)20)11-9-10(15)5-6-12(11)16/h5-6,9,13,18H,3-4,7-8H2,1-2H3,(H2,17,20). The van der Waals surface area contributed by atoms with Crippen molar-refractivity contribution in [3.05, 3.63) is 33.8 Å². The average molecular weight is 318 g/mol. The molecule has 112 valence electrons. The molecule has 1 aromatic carbocycles. The maximum absolute atomic E-state index is 11.6. The Morgan fingerprint density at radius 2 is 2.00 bits per heavy atom. The summed E-state index contributed by atoms with van der Waals surface area (Å²) >= 11 is 12.1. The van der Waals surface area contributed by atoms with Crippen LogP contribution in [0.4, 0.5) is 0 Å². The Balaban J connectivity index is 2.75. The molecule has 4 nitrogen and oxygen atoms in total. The molecule has 0 heterocycles. The van der Waals surface area contributed by atoms with Gasteiger partial charge in [-0.2, -0.15) is 0 Å². The van der Waals surface area contributed by atoms with Crippen LogP contribution in [0.15, 0.2) is 18.2 Å². The molecule has 1 rings (SSSR count). The molecular formula is C14H21Cl2N3O. The van der Waals surface area contributed by atoms with Crippen LogP contribution in [-0.2, 0) is 4.79 Å². The molecule has 1 amide bonds. The molecule has 0 aliphatic carbocycles. The van der Waals surface area contributed by atoms with Crippen LogP contribution in [0.2, 0.25) is 10.0 Å². The van der Waals surface area contributed by atoms with Crippen molar-refractivity contribution in [1.82, 2.24) is 10.2 Å². The maximum atomic E-state index is 11.6. The summed E-state index contributed by atoms with van der Waals surface area (Å²) in [6.07, 6.45) is 0. The summed E-state index contributed by atoms with van der Waals surface area (Å²) in [5, 5.41) is 4.15. The second kappa shape index (κ2) is 8.47. The lowest BCUT2D eigenvalue weighted by Gasteiger charge is -2.21. The van der Waals surface area contributed by atoms with E-state index in [9.17, 15) is 4.79 Å². The van der Waals surface area contributed by atoms with Gasteiger partial charge in [0.2, 0.25) is 5.91 Å². The molecule has 20 heavy (non-hydrogen) atoms. The van der Waals surface area contributed by atoms with Crippen molar-refractivity contribution in [3.63, 3.8) is 0 Å². The van der Waals surface area contributed by atoms with Crippen LogP contribution >= 0.6 is 23.2 Å². The van der Waals surface area contributed by atoms with Gasteiger partial charge in [-0.05, 0) is 36.9 Å². The van der Waals surface area contributed by atoms with Crippen LogP contribution in [0.1, 0.15) is 25.5 Å². The van der Waals surface area contributed by atoms with Gasteiger partial charge < -0.3 is 16.0 Å². The molecule has 3 N–H and O–H groups in total. The zero-order valence-corrected chi connectivity index (χ0v) is 13.3. The molecule has 6 heteroatoms. The summed E-state index contributed by atoms with van der Waals surface area (Å²) < 4.78 is 0. The van der Waals surface area contributed by atoms with Crippen LogP contribution in [0, 0.1) is 0 Å². The predicted molar refractivity (Wildman–Crippen MR) is 84.2 cm³/mol. The Kier molecular flexibility index (Phi) is 7.30. The molecule has 1 unspecified atom stereocenters. The third kappa shape index (κ3) is 4.94. The lowest BCUT2D eigenvalue weighted by Crippen LogP contribution is -2.38. The van der Waals surface area contributed by atoms with Crippen molar-refractivity contribution in [1.29, 1.82) is 0 Å². The van der Waals surface area contributed by atoms with E-state index in [1.165, 1.54) is 0 Å². The second-order valence-electron chi connectivity index (χ2n) is 4.48. The Bertz CT molecular complexity index is 450. The van der Waals surface area contributed by atoms with Crippen molar-refractivity contribution < 1.29 is 4.79 Å². The van der Waals surface area contributed by atoms with E-state index in [1.807, 2.05) is 0 Å². The minimum absolute atomic E-state index is 0.464. The molecule has 0 aliphatic heterocycles. The number of hydrogen-bond acceptors (Lipinski definition) is 3. The molecule has 0 aromatic heterocycles. The van der Waals surface area contributed by atoms with E-state index in [2.05, 4.69) is 24.1 Å². The molecule has 1 atom stereocenters. The minimum atomic E-state index is -0.628. The first-order valence-corrected chi connectivity index (χ1v) is 7.45. The van der Waals surface area contributed by atoms with Gasteiger partial charge in [-0.15, -0.1) is 0 Å². The Labute approximate surface area is 130 Å². The van der Waals surface area contributed by atoms with Crippen LogP contribution in [0.5, 0.6) is 0 Å². The molecule has 0 aliphatic rings. The molecule has 0 bridgehead atoms. The highest BCUT2D eigenvalue weighted by Crippen LogP contribution is 2.26. The quantitative estimate of drug-likeness (QED) is 0.774. The highest BCUT2D eigenvalue weighted by Gasteiger charge is 2.20. The topological polar surface area (TPSA) is 58.4 Å². The Morgan fingerprint density at radius 1 is 1.35 bits per heavy atom. The first-order valence-electron chi connectivity index (χ1n) is 6.69. The molecular weight excluding hydrogens is 297 g/mol. The number of nitrogens with one attached hydrogen (secondary N) is 1. The summed E-state index contributed by atoms with van der Waals surface area (Å²) in [5.74, 6) is -0.464. The van der Waals surface area contributed by atoms with Crippen LogP contribution in [0.25, 0.3) is 0 Å². The fourth-order valence-electron chi connectivity index (χ4n) is 2.01. The number of rotatable bonds is 8. The van der Waals surface area contributed by atoms with E-state index in [1.54, 1.807) is 18.2 Å². The van der Waals surface area contributed by atoms with Crippen molar-refractivity contribution in [2.45, 2.75) is 19.9 Å². The lowest BCUT2D eigenvalue weighted by molar-refractivity contribution is -0.120. The Morgan fingerprint density at radius 3 is 2.55 bits per heavy atom. The number of halogens is 2. The molecule has 0 spiro atoms. The SMILES string of the molecule is CCN(CC)CCNC(C(N)=O)c1cc(Cl)ccc1Cl. The van der Waals surface area contributed by atoms with Gasteiger partial charge in [0.25, 0.3) is 0 Å². The lowest BCUT2D eigenvalue weighted by atomic mass is 10.1. The van der Waals surface area contributed by atoms with E-state index in [4.69, 9.17) is 28.9 Å². The number of primary amides is 1. The van der Waals surface area contributed by atoms with E-state index in [-0.39, 0.29) is 0 Å². The minimum Gasteiger partial charge on any atom is -0.368 e. The van der Waals surface area contributed by atoms with Crippen molar-refractivity contribution in [2.24, 2.45) is 5.73 Å². The number of benzene rings is 1. The first kappa shape index (κ1) is 17.2. The van der Waals surface area contributed by atoms with Gasteiger partial charge >= 0.3 is 0 Å². The normalized spacial score (nSPS) is 12.7. The number of likely N-dealkylation sites (N-methyl/N-ethyl adjacent to an activating group) is 1. The fraction of sp³-hybridized carbons (Fsp3) is 0.500. The highest BCUT2D eigenvalue weighted by molar-refractivity contribution is 6.33. The van der Waals surface area contributed by atoms with E-state index in [0.29, 0.717) is 22.2 Å². The molecule has 0 fully saturated rings. The number of hydrogen-bond donors (Lipinski definition) is 2. The second-order valence-corrected chi connectivity index (χ2v) is 5.33. The largest absolute Gasteiger partial charge is 0.368 e. The zero-order chi connectivity index (χ0) is 15.1. The maximum Gasteiger partial charge on any atom is 0.239 e. The number of nitrogens with zero attached hydrogens (tertiary/aromatic N) is 1. The third-order valence-electron chi connectivity index (χ3n) is 3.22. The summed E-state index contributed by atoms with van der Waals surface area (Å²) in [6.45, 7) is 7.63. The van der Waals surface area contributed by atoms with Gasteiger partial charge in [0.15, 0.2) is 0 Å². The van der Waals surface area contributed by atoms with E-state index in [0.717, 1.165) is 19.6 Å². The fourth-order valence-corrected chi connectivity index (χ4v) is 2.41. The summed E-state index contributed by atoms with van der Waals surface area (Å²) in [4.78, 5) is 13.9. The Hall–Kier alpha value is -0.810. The van der Waals surface area contributed by atoms with E-state index >= 15 is 0 Å². The van der Waals surface area contributed by atoms with Gasteiger partial charge in [0, 0.05) is 23.1 Å². The van der Waals surface area contributed by atoms with Crippen molar-refractivity contribution in [3.8, 4) is 0 Å². The van der Waals surface area contributed by atoms with Gasteiger partial charge in [-0.3, -0.25) is 4.79 Å². The monoisotopic (exact) mass is 317 g/mol. The van der Waals surface area contributed by atoms with Gasteiger partial charge in [-0.25, -0.2) is 0 Å². The van der Waals surface area contributed by atoms with E-state index < -0.39 is 11.9 Å². The number of carbonyl (C=O) groups is 1. The number of nitrogens with two attached hydrogens (primary N) is 1. The summed E-state index contributed by atoms with van der Waals surface area (Å²) in [7, 11) is 0. The van der Waals surface area contributed by atoms with Crippen LogP contribution in [0.3, 0.4) is 0 Å². The van der Waals surface area contributed by atoms with Gasteiger partial charge in [0.05, 0.1) is 0 Å². The number of carbonyl (C=O) groups excluding carboxylic acids is 1. The predicted octanol–water partition coefficient (Wildman–Crippen LogP) is 2.45. The van der Waals surface area contributed by atoms with Crippen LogP contribution < -0.4 is 11.1 Å². The summed E-state index contributed by atoms with van der Waals surface area (Å²) in [5.41, 5.74) is 6.07. The highest BCUT2D eigenvalue weighted by atomic mass is 35.5. The van der Waals surface area contributed by atoms with Gasteiger partial charge in [0.1, 0.15) is 6.04 Å². The molecule has 1 aromatic rings. The molecule has 0 saturated carbocycles. The smallest absolute Gasteiger partial charge is 0.239 e. The van der Waals surface area contributed by atoms with Crippen molar-refractivity contribution in [2.75, 3.05) is 26.2 Å². The molecule has 0 radical (unpaired) electrons. The third-order valence-corrected chi connectivity index (χ3v) is 3.80. The molecule has 0 saturated heterocycles. The first-order chi connectivity index (χ1) is 9.49. The number of amides is 1. The summed E-state index contributed by atoms with van der Waals surface area (Å²) in [6, 6.07) is 4.39. The van der Waals surface area contributed by atoms with Crippen molar-refractivity contribution >= 4 is 29.1 Å². The van der Waals surface area contributed by atoms with Gasteiger partial charge in [-0.1, -0.05) is 37.0 Å². The van der Waals surface area contributed by atoms with Crippen LogP contribution in [-0.4, -0.2) is 37.0 Å². The average Bonchev–Trinajstić information content (AvgIpc) is 2.42. The zero-order valence-electron chi connectivity index (χ0n) is 11.8.